The third kappa shape index (κ3) is 3.81. The minimum atomic E-state index is -0.0961. The van der Waals surface area contributed by atoms with Crippen molar-refractivity contribution in [3.63, 3.8) is 0 Å². The Morgan fingerprint density at radius 2 is 1.62 bits per heavy atom. The maximum atomic E-state index is 5.61. The Balaban J connectivity index is 1.71. The van der Waals surface area contributed by atoms with Gasteiger partial charge in [0.15, 0.2) is 12.1 Å². The van der Waals surface area contributed by atoms with Gasteiger partial charge in [0, 0.05) is 35.0 Å². The fraction of sp³-hybridized carbons (Fsp3) is 0.300. The van der Waals surface area contributed by atoms with Gasteiger partial charge in [0.25, 0.3) is 0 Å². The number of benzene rings is 1. The molecule has 1 N–H and O–H groups in total. The molecule has 1 aliphatic heterocycles. The standard InChI is InChI=1S/C20H21N3O/c1-3-17(4-2)20-22-19(23-24-20)18-9-7-15(8-10-18)5-6-16-11-13-21-14-12-16/h7-14,17,20H,3-4H2,1-2H3,(H,22,23). The first kappa shape index (κ1) is 16.2. The van der Waals surface area contributed by atoms with Crippen LogP contribution in [-0.2, 0) is 4.84 Å². The number of hydrogen-bond acceptors (Lipinski definition) is 4. The lowest BCUT2D eigenvalue weighted by Crippen LogP contribution is -2.23. The van der Waals surface area contributed by atoms with Crippen molar-refractivity contribution in [1.82, 2.24) is 10.5 Å². The highest BCUT2D eigenvalue weighted by Crippen LogP contribution is 2.21. The van der Waals surface area contributed by atoms with Crippen molar-refractivity contribution in [1.29, 1.82) is 0 Å². The number of aromatic nitrogens is 1. The lowest BCUT2D eigenvalue weighted by Gasteiger charge is -2.15. The second kappa shape index (κ2) is 7.76. The Kier molecular flexibility index (Phi) is 5.25. The smallest absolute Gasteiger partial charge is 0.180 e. The van der Waals surface area contributed by atoms with Gasteiger partial charge in [0.2, 0.25) is 0 Å². The SMILES string of the molecule is CCC(CC)C1N=C(c2ccc(C#Cc3ccncc3)cc2)NO1. The number of amidine groups is 1. The van der Waals surface area contributed by atoms with Gasteiger partial charge in [0.1, 0.15) is 0 Å². The minimum Gasteiger partial charge on any atom is -0.265 e. The molecule has 0 saturated carbocycles. The summed E-state index contributed by atoms with van der Waals surface area (Å²) in [6.07, 6.45) is 5.51. The van der Waals surface area contributed by atoms with E-state index in [1.165, 1.54) is 0 Å². The van der Waals surface area contributed by atoms with E-state index in [1.807, 2.05) is 36.4 Å². The van der Waals surface area contributed by atoms with Gasteiger partial charge < -0.3 is 0 Å². The van der Waals surface area contributed by atoms with Crippen molar-refractivity contribution in [3.8, 4) is 11.8 Å². The highest BCUT2D eigenvalue weighted by atomic mass is 16.7. The molecule has 0 radical (unpaired) electrons. The molecular weight excluding hydrogens is 298 g/mol. The van der Waals surface area contributed by atoms with E-state index < -0.39 is 0 Å². The van der Waals surface area contributed by atoms with Crippen molar-refractivity contribution in [2.45, 2.75) is 32.9 Å². The van der Waals surface area contributed by atoms with Crippen molar-refractivity contribution < 1.29 is 4.84 Å². The number of rotatable bonds is 4. The van der Waals surface area contributed by atoms with Gasteiger partial charge in [-0.15, -0.1) is 0 Å². The summed E-state index contributed by atoms with van der Waals surface area (Å²) < 4.78 is 0. The second-order valence-corrected chi connectivity index (χ2v) is 5.73. The summed E-state index contributed by atoms with van der Waals surface area (Å²) in [5.41, 5.74) is 5.89. The Morgan fingerprint density at radius 1 is 1.00 bits per heavy atom. The third-order valence-electron chi connectivity index (χ3n) is 4.17. The van der Waals surface area contributed by atoms with E-state index in [0.29, 0.717) is 5.92 Å². The first-order chi connectivity index (χ1) is 11.8. The van der Waals surface area contributed by atoms with Crippen molar-refractivity contribution >= 4 is 5.84 Å². The Labute approximate surface area is 142 Å². The maximum absolute atomic E-state index is 5.61. The van der Waals surface area contributed by atoms with Crippen LogP contribution >= 0.6 is 0 Å². The summed E-state index contributed by atoms with van der Waals surface area (Å²) in [7, 11) is 0. The summed E-state index contributed by atoms with van der Waals surface area (Å²) in [6, 6.07) is 11.8. The number of nitrogens with one attached hydrogen (secondary N) is 1. The van der Waals surface area contributed by atoms with Crippen LogP contribution in [0, 0.1) is 17.8 Å². The average molecular weight is 319 g/mol. The van der Waals surface area contributed by atoms with Crippen LogP contribution in [0.5, 0.6) is 0 Å². The maximum Gasteiger partial charge on any atom is 0.180 e. The first-order valence-corrected chi connectivity index (χ1v) is 8.32. The van der Waals surface area contributed by atoms with Gasteiger partial charge >= 0.3 is 0 Å². The Morgan fingerprint density at radius 3 is 2.25 bits per heavy atom. The minimum absolute atomic E-state index is 0.0961. The molecule has 24 heavy (non-hydrogen) atoms. The molecule has 4 heteroatoms. The molecule has 1 unspecified atom stereocenters. The van der Waals surface area contributed by atoms with Gasteiger partial charge in [-0.1, -0.05) is 25.7 Å². The third-order valence-corrected chi connectivity index (χ3v) is 4.17. The Bertz CT molecular complexity index is 753. The van der Waals surface area contributed by atoms with E-state index in [2.05, 4.69) is 41.1 Å². The first-order valence-electron chi connectivity index (χ1n) is 8.32. The highest BCUT2D eigenvalue weighted by Gasteiger charge is 2.25. The fourth-order valence-corrected chi connectivity index (χ4v) is 2.61. The number of pyridine rings is 1. The van der Waals surface area contributed by atoms with Crippen LogP contribution in [0.1, 0.15) is 43.4 Å². The molecule has 0 spiro atoms. The normalized spacial score (nSPS) is 16.3. The van der Waals surface area contributed by atoms with Crippen LogP contribution in [0.25, 0.3) is 0 Å². The summed E-state index contributed by atoms with van der Waals surface area (Å²) in [5.74, 6) is 7.52. The molecule has 1 atom stereocenters. The van der Waals surface area contributed by atoms with E-state index >= 15 is 0 Å². The van der Waals surface area contributed by atoms with Gasteiger partial charge in [-0.3, -0.25) is 4.98 Å². The van der Waals surface area contributed by atoms with Gasteiger partial charge in [-0.05, 0) is 49.2 Å². The molecule has 122 valence electrons. The molecule has 0 fully saturated rings. The van der Waals surface area contributed by atoms with Crippen molar-refractivity contribution in [3.05, 3.63) is 65.5 Å². The number of hydrogen-bond donors (Lipinski definition) is 1. The van der Waals surface area contributed by atoms with Crippen LogP contribution in [0.4, 0.5) is 0 Å². The van der Waals surface area contributed by atoms with Crippen molar-refractivity contribution in [2.24, 2.45) is 10.9 Å². The lowest BCUT2D eigenvalue weighted by molar-refractivity contribution is -0.00103. The van der Waals surface area contributed by atoms with Crippen molar-refractivity contribution in [2.75, 3.05) is 0 Å². The van der Waals surface area contributed by atoms with E-state index in [9.17, 15) is 0 Å². The van der Waals surface area contributed by atoms with Gasteiger partial charge in [0.05, 0.1) is 0 Å². The zero-order valence-electron chi connectivity index (χ0n) is 14.0. The summed E-state index contributed by atoms with van der Waals surface area (Å²) in [5, 5.41) is 0. The molecule has 1 aromatic heterocycles. The second-order valence-electron chi connectivity index (χ2n) is 5.73. The van der Waals surface area contributed by atoms with Gasteiger partial charge in [-0.25, -0.2) is 15.3 Å². The largest absolute Gasteiger partial charge is 0.265 e. The molecule has 0 saturated heterocycles. The zero-order chi connectivity index (χ0) is 16.8. The molecule has 3 rings (SSSR count). The van der Waals surface area contributed by atoms with Crippen LogP contribution in [-0.4, -0.2) is 17.0 Å². The number of nitrogens with zero attached hydrogens (tertiary/aromatic N) is 2. The fourth-order valence-electron chi connectivity index (χ4n) is 2.61. The summed E-state index contributed by atoms with van der Waals surface area (Å²) in [4.78, 5) is 14.3. The predicted octanol–water partition coefficient (Wildman–Crippen LogP) is 3.53. The van der Waals surface area contributed by atoms with E-state index in [4.69, 9.17) is 4.84 Å². The lowest BCUT2D eigenvalue weighted by atomic mass is 10.0. The molecule has 0 bridgehead atoms. The number of aliphatic imine (C=N–C) groups is 1. The van der Waals surface area contributed by atoms with Crippen LogP contribution in [0.15, 0.2) is 53.8 Å². The molecule has 0 amide bonds. The molecule has 1 aromatic carbocycles. The Hall–Kier alpha value is -2.64. The zero-order valence-corrected chi connectivity index (χ0v) is 14.0. The monoisotopic (exact) mass is 319 g/mol. The van der Waals surface area contributed by atoms with E-state index in [1.54, 1.807) is 12.4 Å². The topological polar surface area (TPSA) is 46.5 Å². The summed E-state index contributed by atoms with van der Waals surface area (Å²) >= 11 is 0. The molecule has 2 heterocycles. The molecule has 4 nitrogen and oxygen atoms in total. The highest BCUT2D eigenvalue weighted by molar-refractivity contribution is 5.98. The summed E-state index contributed by atoms with van der Waals surface area (Å²) in [6.45, 7) is 4.34. The average Bonchev–Trinajstić information content (AvgIpc) is 3.12. The van der Waals surface area contributed by atoms with Gasteiger partial charge in [-0.2, -0.15) is 0 Å². The molecule has 0 aliphatic carbocycles. The molecule has 2 aromatic rings. The van der Waals surface area contributed by atoms with Crippen LogP contribution < -0.4 is 5.48 Å². The quantitative estimate of drug-likeness (QED) is 0.877. The van der Waals surface area contributed by atoms with E-state index in [-0.39, 0.29) is 6.23 Å². The number of hydroxylamine groups is 1. The van der Waals surface area contributed by atoms with Crippen LogP contribution in [0.3, 0.4) is 0 Å². The van der Waals surface area contributed by atoms with E-state index in [0.717, 1.165) is 35.4 Å². The predicted molar refractivity (Wildman–Crippen MR) is 95.3 cm³/mol. The molecule has 1 aliphatic rings. The van der Waals surface area contributed by atoms with Crippen LogP contribution in [0.2, 0.25) is 0 Å². The molecular formula is C20H21N3O.